The van der Waals surface area contributed by atoms with Gasteiger partial charge in [-0.25, -0.2) is 0 Å². The average Bonchev–Trinajstić information content (AvgIpc) is 0.705. The van der Waals surface area contributed by atoms with Gasteiger partial charge < -0.3 is 29.4 Å². The van der Waals surface area contributed by atoms with E-state index in [1.54, 1.807) is 0 Å². The predicted molar refractivity (Wildman–Crippen MR) is 443 cm³/mol. The summed E-state index contributed by atoms with van der Waals surface area (Å²) in [5, 5.41) is 4.68. The summed E-state index contributed by atoms with van der Waals surface area (Å²) in [6.45, 7) is 6.81. The van der Waals surface area contributed by atoms with Crippen molar-refractivity contribution in [1.29, 1.82) is 0 Å². The molecule has 0 saturated carbocycles. The van der Waals surface area contributed by atoms with E-state index < -0.39 is 0 Å². The Hall–Kier alpha value is -13.0. The predicted octanol–water partition coefficient (Wildman–Crippen LogP) is 22.1. The Kier molecular flexibility index (Phi) is 14.3. The van der Waals surface area contributed by atoms with Gasteiger partial charge in [-0.1, -0.05) is 245 Å². The maximum Gasteiger partial charge on any atom is 0.252 e. The second-order valence-corrected chi connectivity index (χ2v) is 28.8. The van der Waals surface area contributed by atoms with Gasteiger partial charge in [-0.2, -0.15) is 0 Å². The van der Waals surface area contributed by atoms with Gasteiger partial charge >= 0.3 is 0 Å². The first-order chi connectivity index (χ1) is 51.3. The molecule has 0 aliphatic carbocycles. The van der Waals surface area contributed by atoms with E-state index in [9.17, 15) is 0 Å². The Morgan fingerprint density at radius 3 is 1.17 bits per heavy atom. The van der Waals surface area contributed by atoms with Gasteiger partial charge in [0.1, 0.15) is 0 Å². The molecule has 0 unspecified atom stereocenters. The largest absolute Gasteiger partial charge is 0.311 e. The monoisotopic (exact) mass is 1330 g/mol. The van der Waals surface area contributed by atoms with E-state index in [-0.39, 0.29) is 18.8 Å². The summed E-state index contributed by atoms with van der Waals surface area (Å²) in [7, 11) is 0. The quantitative estimate of drug-likeness (QED) is 0.119. The lowest BCUT2D eigenvalue weighted by Crippen LogP contribution is -2.61. The summed E-state index contributed by atoms with van der Waals surface area (Å²) >= 11 is 0. The molecule has 0 radical (unpaired) electrons. The number of nitrogens with zero attached hydrogens (tertiary/aromatic N) is 6. The molecule has 16 aromatic rings. The molecule has 490 valence electrons. The standard InChI is InChI=1S/C96H70B2N6/c1-96(2,3)67-52-54-72(55-53-67)103-90-50-26-48-88-94(90)97(80-43-20-22-45-86(80)101(88)70-35-12-6-13-36-70)82-59-57-75(63-92(82)103)100(69-33-10-5-11-34-69)85-61-58-76(78-41-18-19-42-79(78)85)66-30-24-39-73(62-66)104-91-51-27-49-89-95(91)98(81-44-21-23-46-87(81)102(89)71-37-14-7-15-38-71)83-60-56-74(64-93(83)104)99(68-31-8-4-9-32-68)84-47-25-29-65-28-16-17-40-77(65)84/h4-64H,1-3H3. The Balaban J connectivity index is 0.758. The molecule has 0 bridgehead atoms. The van der Waals surface area contributed by atoms with Crippen LogP contribution in [-0.4, -0.2) is 13.4 Å². The smallest absolute Gasteiger partial charge is 0.252 e. The minimum atomic E-state index is -0.0516. The zero-order valence-corrected chi connectivity index (χ0v) is 58.1. The summed E-state index contributed by atoms with van der Waals surface area (Å²) in [5.74, 6) is 0. The topological polar surface area (TPSA) is 19.4 Å². The lowest BCUT2D eigenvalue weighted by Gasteiger charge is -2.44. The molecular formula is C96H70B2N6. The number of hydrogen-bond donors (Lipinski definition) is 0. The fourth-order valence-electron chi connectivity index (χ4n) is 17.3. The third-order valence-corrected chi connectivity index (χ3v) is 21.9. The molecule has 0 atom stereocenters. The summed E-state index contributed by atoms with van der Waals surface area (Å²) < 4.78 is 0. The van der Waals surface area contributed by atoms with Crippen molar-refractivity contribution in [1.82, 2.24) is 0 Å². The van der Waals surface area contributed by atoms with Gasteiger partial charge in [0.15, 0.2) is 0 Å². The van der Waals surface area contributed by atoms with Crippen LogP contribution >= 0.6 is 0 Å². The Morgan fingerprint density at radius 2 is 0.635 bits per heavy atom. The number of fused-ring (bicyclic) bond motifs is 10. The van der Waals surface area contributed by atoms with Crippen molar-refractivity contribution in [3.63, 3.8) is 0 Å². The van der Waals surface area contributed by atoms with Crippen molar-refractivity contribution in [3.05, 3.63) is 376 Å². The van der Waals surface area contributed by atoms with E-state index in [0.717, 1.165) is 95.8 Å². The molecule has 20 rings (SSSR count). The second kappa shape index (κ2) is 24.4. The first-order valence-electron chi connectivity index (χ1n) is 36.2. The number of hydrogen-bond acceptors (Lipinski definition) is 6. The van der Waals surface area contributed by atoms with Crippen LogP contribution in [-0.2, 0) is 5.41 Å². The summed E-state index contributed by atoms with van der Waals surface area (Å²) in [6, 6.07) is 138. The van der Waals surface area contributed by atoms with Crippen LogP contribution in [0.4, 0.5) is 102 Å². The number of benzene rings is 16. The molecule has 4 aliphatic rings. The maximum atomic E-state index is 2.55. The molecule has 104 heavy (non-hydrogen) atoms. The van der Waals surface area contributed by atoms with Crippen molar-refractivity contribution in [2.45, 2.75) is 26.2 Å². The van der Waals surface area contributed by atoms with Crippen molar-refractivity contribution < 1.29 is 0 Å². The molecule has 0 fully saturated rings. The summed E-state index contributed by atoms with van der Waals surface area (Å²) in [5.41, 5.74) is 31.5. The lowest BCUT2D eigenvalue weighted by molar-refractivity contribution is 0.590. The molecule has 0 aromatic heterocycles. The van der Waals surface area contributed by atoms with Crippen LogP contribution in [0.15, 0.2) is 370 Å². The van der Waals surface area contributed by atoms with Gasteiger partial charge in [0.05, 0.1) is 11.4 Å². The van der Waals surface area contributed by atoms with E-state index in [0.29, 0.717) is 0 Å². The number of anilines is 18. The minimum Gasteiger partial charge on any atom is -0.311 e. The first kappa shape index (κ1) is 60.9. The SMILES string of the molecule is CC(C)(C)c1ccc(N2c3cc(N(c4ccccc4)c4ccc(-c5cccc(N6c7cc(N(c8ccccc8)c8cccc9ccccc89)ccc7B7c8ccccc8N(c8ccccc8)c8cccc6c87)c5)c5ccccc45)ccc3B3c4ccccc4N(c4ccccc4)c4cccc2c43)cc1. The van der Waals surface area contributed by atoms with Crippen LogP contribution in [0.3, 0.4) is 0 Å². The van der Waals surface area contributed by atoms with Crippen LogP contribution in [0.5, 0.6) is 0 Å². The van der Waals surface area contributed by atoms with Gasteiger partial charge in [-0.15, -0.1) is 0 Å². The molecule has 4 aliphatic heterocycles. The van der Waals surface area contributed by atoms with E-state index in [4.69, 9.17) is 0 Å². The number of rotatable bonds is 11. The normalized spacial score (nSPS) is 13.0. The van der Waals surface area contributed by atoms with Gasteiger partial charge in [-0.05, 0) is 211 Å². The zero-order valence-electron chi connectivity index (χ0n) is 58.1. The van der Waals surface area contributed by atoms with Crippen LogP contribution < -0.4 is 62.2 Å². The van der Waals surface area contributed by atoms with Crippen LogP contribution in [0, 0.1) is 0 Å². The van der Waals surface area contributed by atoms with E-state index in [1.807, 2.05) is 0 Å². The molecule has 0 N–H and O–H groups in total. The van der Waals surface area contributed by atoms with Crippen LogP contribution in [0.25, 0.3) is 32.7 Å². The highest BCUT2D eigenvalue weighted by molar-refractivity contribution is 7.01. The van der Waals surface area contributed by atoms with E-state index >= 15 is 0 Å². The highest BCUT2D eigenvalue weighted by Gasteiger charge is 2.46. The van der Waals surface area contributed by atoms with Crippen molar-refractivity contribution >= 4 is 170 Å². The first-order valence-corrected chi connectivity index (χ1v) is 36.2. The molecule has 6 nitrogen and oxygen atoms in total. The highest BCUT2D eigenvalue weighted by Crippen LogP contribution is 2.51. The molecular weight excluding hydrogens is 1260 g/mol. The molecule has 0 amide bonds. The maximum absolute atomic E-state index is 2.55. The third-order valence-electron chi connectivity index (χ3n) is 21.9. The number of para-hydroxylation sites is 6. The third kappa shape index (κ3) is 9.73. The fraction of sp³-hybridized carbons (Fsp3) is 0.0417. The Labute approximate surface area is 608 Å². The second-order valence-electron chi connectivity index (χ2n) is 28.8. The van der Waals surface area contributed by atoms with Gasteiger partial charge in [0, 0.05) is 102 Å². The molecule has 0 spiro atoms. The molecule has 16 aromatic carbocycles. The Bertz CT molecular complexity index is 6040. The Morgan fingerprint density at radius 1 is 0.250 bits per heavy atom. The van der Waals surface area contributed by atoms with Crippen molar-refractivity contribution in [2.75, 3.05) is 29.4 Å². The average molecular weight is 1330 g/mol. The summed E-state index contributed by atoms with van der Waals surface area (Å²) in [4.78, 5) is 14.9. The minimum absolute atomic E-state index is 0.0128. The highest BCUT2D eigenvalue weighted by atomic mass is 15.2. The summed E-state index contributed by atoms with van der Waals surface area (Å²) in [6.07, 6.45) is 0. The fourth-order valence-corrected chi connectivity index (χ4v) is 17.3. The van der Waals surface area contributed by atoms with Gasteiger partial charge in [0.2, 0.25) is 0 Å². The van der Waals surface area contributed by atoms with E-state index in [2.05, 4.69) is 420 Å². The molecule has 8 heteroatoms. The van der Waals surface area contributed by atoms with Crippen LogP contribution in [0.1, 0.15) is 26.3 Å². The molecule has 4 heterocycles. The van der Waals surface area contributed by atoms with E-state index in [1.165, 1.54) is 77.5 Å². The van der Waals surface area contributed by atoms with Gasteiger partial charge in [-0.3, -0.25) is 0 Å². The lowest BCUT2D eigenvalue weighted by atomic mass is 9.33. The van der Waals surface area contributed by atoms with Crippen LogP contribution in [0.2, 0.25) is 0 Å². The molecule has 0 saturated heterocycles. The zero-order chi connectivity index (χ0) is 69.2. The van der Waals surface area contributed by atoms with Crippen molar-refractivity contribution in [3.8, 4) is 11.1 Å². The van der Waals surface area contributed by atoms with Crippen molar-refractivity contribution in [2.24, 2.45) is 0 Å². The van der Waals surface area contributed by atoms with Gasteiger partial charge in [0.25, 0.3) is 13.4 Å².